The maximum absolute atomic E-state index is 11.8. The first-order valence-corrected chi connectivity index (χ1v) is 7.90. The van der Waals surface area contributed by atoms with Crippen molar-refractivity contribution in [2.75, 3.05) is 18.0 Å². The van der Waals surface area contributed by atoms with E-state index in [0.29, 0.717) is 11.9 Å². The van der Waals surface area contributed by atoms with Crippen molar-refractivity contribution in [3.05, 3.63) is 53.2 Å². The second kappa shape index (κ2) is 5.87. The lowest BCUT2D eigenvalue weighted by atomic mass is 9.97. The van der Waals surface area contributed by atoms with Crippen molar-refractivity contribution in [2.45, 2.75) is 19.4 Å². The van der Waals surface area contributed by atoms with Crippen LogP contribution in [0.3, 0.4) is 0 Å². The van der Waals surface area contributed by atoms with E-state index in [1.165, 1.54) is 12.3 Å². The van der Waals surface area contributed by atoms with Crippen molar-refractivity contribution < 1.29 is 4.42 Å². The summed E-state index contributed by atoms with van der Waals surface area (Å²) >= 11 is 0. The summed E-state index contributed by atoms with van der Waals surface area (Å²) in [6.45, 7) is 2.52. The van der Waals surface area contributed by atoms with Crippen LogP contribution in [-0.4, -0.2) is 27.6 Å². The molecular formula is C17H18N4O2. The van der Waals surface area contributed by atoms with Crippen molar-refractivity contribution in [3.63, 3.8) is 0 Å². The summed E-state index contributed by atoms with van der Waals surface area (Å²) in [7, 11) is 0. The Labute approximate surface area is 133 Å². The van der Waals surface area contributed by atoms with E-state index in [4.69, 9.17) is 4.42 Å². The number of oxazole rings is 1. The summed E-state index contributed by atoms with van der Waals surface area (Å²) in [5.74, 6) is 0.484. The van der Waals surface area contributed by atoms with Crippen molar-refractivity contribution in [2.24, 2.45) is 5.92 Å². The summed E-state index contributed by atoms with van der Waals surface area (Å²) in [6, 6.07) is 10.0. The van der Waals surface area contributed by atoms with Crippen LogP contribution >= 0.6 is 0 Å². The van der Waals surface area contributed by atoms with Crippen molar-refractivity contribution in [3.8, 4) is 0 Å². The van der Waals surface area contributed by atoms with Crippen LogP contribution in [0.1, 0.15) is 12.8 Å². The normalized spacial score (nSPS) is 16.1. The Morgan fingerprint density at radius 3 is 2.78 bits per heavy atom. The first-order chi connectivity index (χ1) is 11.3. The van der Waals surface area contributed by atoms with E-state index in [2.05, 4.69) is 14.9 Å². The summed E-state index contributed by atoms with van der Waals surface area (Å²) in [4.78, 5) is 22.5. The van der Waals surface area contributed by atoms with E-state index in [1.807, 2.05) is 24.3 Å². The van der Waals surface area contributed by atoms with Gasteiger partial charge < -0.3 is 9.32 Å². The molecule has 4 rings (SSSR count). The minimum atomic E-state index is 0.0152. The highest BCUT2D eigenvalue weighted by Gasteiger charge is 2.23. The van der Waals surface area contributed by atoms with Gasteiger partial charge in [-0.15, -0.1) is 0 Å². The zero-order chi connectivity index (χ0) is 15.6. The molecule has 6 heteroatoms. The lowest BCUT2D eigenvalue weighted by Gasteiger charge is -2.30. The summed E-state index contributed by atoms with van der Waals surface area (Å²) in [6.07, 6.45) is 5.18. The van der Waals surface area contributed by atoms with Crippen molar-refractivity contribution in [1.29, 1.82) is 0 Å². The van der Waals surface area contributed by atoms with Crippen LogP contribution in [0.15, 0.2) is 52.1 Å². The van der Waals surface area contributed by atoms with Gasteiger partial charge in [-0.1, -0.05) is 12.1 Å². The smallest absolute Gasteiger partial charge is 0.298 e. The molecule has 6 nitrogen and oxygen atoms in total. The first kappa shape index (κ1) is 14.0. The van der Waals surface area contributed by atoms with Gasteiger partial charge in [0.05, 0.1) is 6.33 Å². The molecule has 0 N–H and O–H groups in total. The Kier molecular flexibility index (Phi) is 3.57. The number of nitrogens with zero attached hydrogens (tertiary/aromatic N) is 4. The Morgan fingerprint density at radius 1 is 1.17 bits per heavy atom. The van der Waals surface area contributed by atoms with Crippen molar-refractivity contribution >= 4 is 17.1 Å². The van der Waals surface area contributed by atoms with Gasteiger partial charge in [0.2, 0.25) is 0 Å². The van der Waals surface area contributed by atoms with Gasteiger partial charge in [-0.2, -0.15) is 4.98 Å². The third-order valence-electron chi connectivity index (χ3n) is 4.41. The Bertz CT molecular complexity index is 829. The zero-order valence-electron chi connectivity index (χ0n) is 12.8. The molecule has 0 radical (unpaired) electrons. The fraction of sp³-hybridized carbons (Fsp3) is 0.353. The minimum Gasteiger partial charge on any atom is -0.423 e. The molecule has 0 amide bonds. The third-order valence-corrected chi connectivity index (χ3v) is 4.41. The second-order valence-electron chi connectivity index (χ2n) is 5.97. The number of anilines is 1. The van der Waals surface area contributed by atoms with E-state index >= 15 is 0 Å². The predicted octanol–water partition coefficient (Wildman–Crippen LogP) is 2.30. The number of para-hydroxylation sites is 2. The first-order valence-electron chi connectivity index (χ1n) is 7.90. The van der Waals surface area contributed by atoms with Gasteiger partial charge in [-0.25, -0.2) is 4.98 Å². The lowest BCUT2D eigenvalue weighted by Crippen LogP contribution is -2.36. The molecule has 0 saturated carbocycles. The standard InChI is InChI=1S/C17H18N4O2/c22-16-5-8-18-12-21(16)11-13-6-9-20(10-7-13)17-19-14-3-1-2-4-15(14)23-17/h1-5,8,12-13H,6-7,9-11H2. The zero-order valence-corrected chi connectivity index (χ0v) is 12.8. The molecule has 1 fully saturated rings. The Hall–Kier alpha value is -2.63. The molecule has 0 atom stereocenters. The summed E-state index contributed by atoms with van der Waals surface area (Å²) in [5.41, 5.74) is 1.74. The molecule has 0 unspecified atom stereocenters. The molecule has 0 aliphatic carbocycles. The molecule has 3 heterocycles. The highest BCUT2D eigenvalue weighted by atomic mass is 16.4. The maximum Gasteiger partial charge on any atom is 0.298 e. The highest BCUT2D eigenvalue weighted by Crippen LogP contribution is 2.26. The van der Waals surface area contributed by atoms with Crippen LogP contribution in [-0.2, 0) is 6.54 Å². The van der Waals surface area contributed by atoms with E-state index in [0.717, 1.165) is 43.6 Å². The second-order valence-corrected chi connectivity index (χ2v) is 5.97. The molecule has 1 aromatic carbocycles. The van der Waals surface area contributed by atoms with Gasteiger partial charge in [0.15, 0.2) is 5.58 Å². The van der Waals surface area contributed by atoms with Gasteiger partial charge in [0.25, 0.3) is 11.6 Å². The highest BCUT2D eigenvalue weighted by molar-refractivity contribution is 5.74. The molecular weight excluding hydrogens is 292 g/mol. The van der Waals surface area contributed by atoms with Gasteiger partial charge in [0.1, 0.15) is 5.52 Å². The Morgan fingerprint density at radius 2 is 2.00 bits per heavy atom. The monoisotopic (exact) mass is 310 g/mol. The van der Waals surface area contributed by atoms with Crippen LogP contribution < -0.4 is 10.5 Å². The van der Waals surface area contributed by atoms with Crippen molar-refractivity contribution in [1.82, 2.24) is 14.5 Å². The largest absolute Gasteiger partial charge is 0.423 e. The van der Waals surface area contributed by atoms with E-state index in [1.54, 1.807) is 10.9 Å². The van der Waals surface area contributed by atoms with Crippen LogP contribution in [0.4, 0.5) is 6.01 Å². The Balaban J connectivity index is 1.42. The number of benzene rings is 1. The number of hydrogen-bond donors (Lipinski definition) is 0. The van der Waals surface area contributed by atoms with Crippen LogP contribution in [0, 0.1) is 5.92 Å². The van der Waals surface area contributed by atoms with Gasteiger partial charge in [0, 0.05) is 31.9 Å². The van der Waals surface area contributed by atoms with Crippen LogP contribution in [0.5, 0.6) is 0 Å². The summed E-state index contributed by atoms with van der Waals surface area (Å²) < 4.78 is 7.52. The maximum atomic E-state index is 11.8. The number of aromatic nitrogens is 3. The van der Waals surface area contributed by atoms with Gasteiger partial charge >= 0.3 is 0 Å². The fourth-order valence-electron chi connectivity index (χ4n) is 3.10. The number of hydrogen-bond acceptors (Lipinski definition) is 5. The molecule has 23 heavy (non-hydrogen) atoms. The van der Waals surface area contributed by atoms with E-state index in [9.17, 15) is 4.79 Å². The number of fused-ring (bicyclic) bond motifs is 1. The molecule has 1 saturated heterocycles. The average molecular weight is 310 g/mol. The van der Waals surface area contributed by atoms with Crippen LogP contribution in [0.2, 0.25) is 0 Å². The molecule has 3 aromatic rings. The fourth-order valence-corrected chi connectivity index (χ4v) is 3.10. The van der Waals surface area contributed by atoms with Gasteiger partial charge in [-0.3, -0.25) is 9.36 Å². The lowest BCUT2D eigenvalue weighted by molar-refractivity contribution is 0.342. The van der Waals surface area contributed by atoms with E-state index < -0.39 is 0 Å². The molecule has 0 spiro atoms. The quantitative estimate of drug-likeness (QED) is 0.743. The van der Waals surface area contributed by atoms with Crippen LogP contribution in [0.25, 0.3) is 11.1 Å². The SMILES string of the molecule is O=c1ccncn1CC1CCN(c2nc3ccccc3o2)CC1. The third kappa shape index (κ3) is 2.84. The molecule has 1 aliphatic rings. The number of piperidine rings is 1. The van der Waals surface area contributed by atoms with E-state index in [-0.39, 0.29) is 5.56 Å². The van der Waals surface area contributed by atoms with Gasteiger partial charge in [-0.05, 0) is 30.9 Å². The minimum absolute atomic E-state index is 0.0152. The topological polar surface area (TPSA) is 64.2 Å². The molecule has 0 bridgehead atoms. The number of rotatable bonds is 3. The molecule has 2 aromatic heterocycles. The average Bonchev–Trinajstić information content (AvgIpc) is 3.02. The molecule has 118 valence electrons. The molecule has 1 aliphatic heterocycles. The predicted molar refractivity (Wildman–Crippen MR) is 87.4 cm³/mol. The summed E-state index contributed by atoms with van der Waals surface area (Å²) in [5, 5.41) is 0.